The van der Waals surface area contributed by atoms with Gasteiger partial charge in [-0.15, -0.1) is 0 Å². The predicted octanol–water partition coefficient (Wildman–Crippen LogP) is 4.73. The maximum Gasteiger partial charge on any atom is 0.305 e. The Labute approximate surface area is 189 Å². The summed E-state index contributed by atoms with van der Waals surface area (Å²) in [6, 6.07) is 0. The molecule has 0 heterocycles. The Hall–Kier alpha value is -1.21. The van der Waals surface area contributed by atoms with Crippen molar-refractivity contribution in [2.75, 3.05) is 39.6 Å². The molecule has 0 radical (unpaired) electrons. The Balaban J connectivity index is 3.33. The van der Waals surface area contributed by atoms with E-state index in [9.17, 15) is 9.90 Å². The van der Waals surface area contributed by atoms with Crippen LogP contribution in [0.25, 0.3) is 0 Å². The fraction of sp³-hybridized carbons (Fsp3) is 0.800. The van der Waals surface area contributed by atoms with Crippen molar-refractivity contribution in [3.8, 4) is 0 Å². The molecular formula is C25H46O6. The number of allylic oxidation sites excluding steroid dienone is 4. The molecule has 0 saturated heterocycles. The van der Waals surface area contributed by atoms with Crippen LogP contribution in [0.3, 0.4) is 0 Å². The van der Waals surface area contributed by atoms with Crippen molar-refractivity contribution < 1.29 is 29.2 Å². The van der Waals surface area contributed by atoms with Gasteiger partial charge in [0.05, 0.1) is 33.0 Å². The van der Waals surface area contributed by atoms with Crippen LogP contribution in [0.15, 0.2) is 24.3 Å². The summed E-state index contributed by atoms with van der Waals surface area (Å²) in [5.74, 6) is -0.193. The molecule has 0 rings (SSSR count). The minimum atomic E-state index is -0.741. The average molecular weight is 443 g/mol. The van der Waals surface area contributed by atoms with E-state index in [1.54, 1.807) is 0 Å². The third-order valence-electron chi connectivity index (χ3n) is 4.68. The van der Waals surface area contributed by atoms with Crippen LogP contribution in [0.5, 0.6) is 0 Å². The maximum absolute atomic E-state index is 11.7. The van der Waals surface area contributed by atoms with Crippen LogP contribution < -0.4 is 0 Å². The van der Waals surface area contributed by atoms with Gasteiger partial charge in [-0.25, -0.2) is 0 Å². The highest BCUT2D eigenvalue weighted by atomic mass is 16.6. The highest BCUT2D eigenvalue weighted by Gasteiger charge is 2.05. The van der Waals surface area contributed by atoms with Crippen LogP contribution in [0.4, 0.5) is 0 Å². The van der Waals surface area contributed by atoms with Gasteiger partial charge < -0.3 is 24.4 Å². The number of esters is 1. The predicted molar refractivity (Wildman–Crippen MR) is 125 cm³/mol. The molecule has 1 unspecified atom stereocenters. The van der Waals surface area contributed by atoms with Crippen LogP contribution in [0.2, 0.25) is 0 Å². The largest absolute Gasteiger partial charge is 0.463 e. The molecule has 0 amide bonds. The number of aliphatic hydroxyl groups excluding tert-OH is 2. The van der Waals surface area contributed by atoms with Crippen LogP contribution in [0, 0.1) is 0 Å². The molecule has 0 aromatic rings. The maximum atomic E-state index is 11.7. The van der Waals surface area contributed by atoms with E-state index in [0.717, 1.165) is 32.1 Å². The topological polar surface area (TPSA) is 85.2 Å². The molecule has 0 fully saturated rings. The van der Waals surface area contributed by atoms with Gasteiger partial charge in [0, 0.05) is 6.42 Å². The summed E-state index contributed by atoms with van der Waals surface area (Å²) in [7, 11) is 0. The molecule has 0 aromatic carbocycles. The van der Waals surface area contributed by atoms with E-state index in [0.29, 0.717) is 6.42 Å². The van der Waals surface area contributed by atoms with Crippen LogP contribution in [-0.2, 0) is 19.0 Å². The molecule has 0 aliphatic heterocycles. The van der Waals surface area contributed by atoms with Crippen LogP contribution in [-0.4, -0.2) is 61.9 Å². The third kappa shape index (κ3) is 24.9. The highest BCUT2D eigenvalue weighted by Crippen LogP contribution is 2.08. The number of carbonyl (C=O) groups excluding carboxylic acids is 1. The summed E-state index contributed by atoms with van der Waals surface area (Å²) in [4.78, 5) is 11.7. The second kappa shape index (κ2) is 25.1. The molecule has 182 valence electrons. The second-order valence-electron chi connectivity index (χ2n) is 7.73. The lowest BCUT2D eigenvalue weighted by molar-refractivity contribution is -0.145. The lowest BCUT2D eigenvalue weighted by Crippen LogP contribution is -2.23. The lowest BCUT2D eigenvalue weighted by atomic mass is 10.1. The number of carbonyl (C=O) groups is 1. The van der Waals surface area contributed by atoms with Gasteiger partial charge in [0.15, 0.2) is 0 Å². The number of rotatable bonds is 23. The Kier molecular flexibility index (Phi) is 24.1. The first-order chi connectivity index (χ1) is 15.2. The molecule has 6 heteroatoms. The number of hydrogen-bond acceptors (Lipinski definition) is 6. The molecule has 0 saturated carbocycles. The summed E-state index contributed by atoms with van der Waals surface area (Å²) in [5, 5.41) is 18.1. The van der Waals surface area contributed by atoms with Gasteiger partial charge in [0.1, 0.15) is 12.7 Å². The summed E-state index contributed by atoms with van der Waals surface area (Å²) < 4.78 is 15.3. The zero-order valence-electron chi connectivity index (χ0n) is 19.6. The van der Waals surface area contributed by atoms with E-state index >= 15 is 0 Å². The summed E-state index contributed by atoms with van der Waals surface area (Å²) in [6.45, 7) is 3.05. The fourth-order valence-electron chi connectivity index (χ4n) is 2.92. The second-order valence-corrected chi connectivity index (χ2v) is 7.73. The van der Waals surface area contributed by atoms with Crippen molar-refractivity contribution in [1.82, 2.24) is 0 Å². The lowest BCUT2D eigenvalue weighted by Gasteiger charge is -2.11. The number of hydrogen-bond donors (Lipinski definition) is 2. The van der Waals surface area contributed by atoms with Gasteiger partial charge in [-0.3, -0.25) is 4.79 Å². The van der Waals surface area contributed by atoms with E-state index < -0.39 is 6.10 Å². The third-order valence-corrected chi connectivity index (χ3v) is 4.68. The normalized spacial score (nSPS) is 12.7. The first kappa shape index (κ1) is 29.8. The van der Waals surface area contributed by atoms with Gasteiger partial charge in [-0.2, -0.15) is 0 Å². The Bertz CT molecular complexity index is 436. The Morgan fingerprint density at radius 1 is 0.806 bits per heavy atom. The molecule has 2 N–H and O–H groups in total. The Morgan fingerprint density at radius 3 is 2.10 bits per heavy atom. The molecular weight excluding hydrogens is 396 g/mol. The minimum Gasteiger partial charge on any atom is -0.463 e. The smallest absolute Gasteiger partial charge is 0.305 e. The van der Waals surface area contributed by atoms with Crippen molar-refractivity contribution in [3.63, 3.8) is 0 Å². The van der Waals surface area contributed by atoms with E-state index in [1.807, 2.05) is 0 Å². The van der Waals surface area contributed by atoms with Crippen LogP contribution >= 0.6 is 0 Å². The number of ether oxygens (including phenoxy) is 3. The quantitative estimate of drug-likeness (QED) is 0.135. The molecule has 0 aliphatic rings. The molecule has 31 heavy (non-hydrogen) atoms. The van der Waals surface area contributed by atoms with Crippen LogP contribution in [0.1, 0.15) is 84.0 Å². The first-order valence-corrected chi connectivity index (χ1v) is 12.1. The first-order valence-electron chi connectivity index (χ1n) is 12.1. The van der Waals surface area contributed by atoms with E-state index in [2.05, 4.69) is 31.2 Å². The Morgan fingerprint density at radius 2 is 1.42 bits per heavy atom. The van der Waals surface area contributed by atoms with E-state index in [4.69, 9.17) is 19.3 Å². The summed E-state index contributed by atoms with van der Waals surface area (Å²) in [6.07, 6.45) is 21.5. The summed E-state index contributed by atoms with van der Waals surface area (Å²) in [5.41, 5.74) is 0. The van der Waals surface area contributed by atoms with Gasteiger partial charge >= 0.3 is 5.97 Å². The zero-order valence-corrected chi connectivity index (χ0v) is 19.6. The van der Waals surface area contributed by atoms with Gasteiger partial charge in [-0.1, -0.05) is 63.3 Å². The highest BCUT2D eigenvalue weighted by molar-refractivity contribution is 5.69. The van der Waals surface area contributed by atoms with Gasteiger partial charge in [0.25, 0.3) is 0 Å². The van der Waals surface area contributed by atoms with Gasteiger partial charge in [0.2, 0.25) is 0 Å². The fourth-order valence-corrected chi connectivity index (χ4v) is 2.92. The summed E-state index contributed by atoms with van der Waals surface area (Å²) >= 11 is 0. The number of aliphatic hydroxyl groups is 2. The van der Waals surface area contributed by atoms with Crippen molar-refractivity contribution >= 4 is 5.97 Å². The van der Waals surface area contributed by atoms with Gasteiger partial charge in [-0.05, 0) is 38.5 Å². The molecule has 0 bridgehead atoms. The molecule has 0 aliphatic carbocycles. The zero-order chi connectivity index (χ0) is 22.8. The standard InChI is InChI=1S/C25H46O6/c1-2-3-4-5-6-7-8-9-10-11-12-13-14-15-16-17-25(28)31-21-20-30-23-24(27)22-29-19-18-26/h6-7,9-10,24,26-27H,2-5,8,11-23H2,1H3/b7-6-,10-9-. The van der Waals surface area contributed by atoms with Crippen molar-refractivity contribution in [2.45, 2.75) is 90.1 Å². The van der Waals surface area contributed by atoms with E-state index in [-0.39, 0.29) is 45.6 Å². The average Bonchev–Trinajstić information content (AvgIpc) is 2.76. The molecule has 1 atom stereocenters. The monoisotopic (exact) mass is 442 g/mol. The van der Waals surface area contributed by atoms with E-state index in [1.165, 1.54) is 38.5 Å². The van der Waals surface area contributed by atoms with Crippen molar-refractivity contribution in [2.24, 2.45) is 0 Å². The number of unbranched alkanes of at least 4 members (excludes halogenated alkanes) is 8. The van der Waals surface area contributed by atoms with Crippen molar-refractivity contribution in [1.29, 1.82) is 0 Å². The SMILES string of the molecule is CCCCC/C=C\C/C=C\CCCCCCCC(=O)OCCOCC(O)COCCO. The molecule has 6 nitrogen and oxygen atoms in total. The molecule has 0 spiro atoms. The minimum absolute atomic E-state index is 0.0712. The van der Waals surface area contributed by atoms with Crippen molar-refractivity contribution in [3.05, 3.63) is 24.3 Å². The molecule has 0 aromatic heterocycles.